The zero-order chi connectivity index (χ0) is 6.01. The summed E-state index contributed by atoms with van der Waals surface area (Å²) >= 11 is 0. The maximum Gasteiger partial charge on any atom is 0.165 e. The Balaban J connectivity index is 2.09. The first-order chi connectivity index (χ1) is 4.36. The molecule has 0 spiro atoms. The molecule has 48 valence electrons. The van der Waals surface area contributed by atoms with Gasteiger partial charge in [-0.15, -0.1) is 0 Å². The van der Waals surface area contributed by atoms with Crippen LogP contribution in [-0.2, 0) is 9.53 Å². The van der Waals surface area contributed by atoms with E-state index in [4.69, 9.17) is 4.74 Å². The largest absolute Gasteiger partial charge is 0.366 e. The Bertz CT molecular complexity index is 181. The van der Waals surface area contributed by atoms with Crippen LogP contribution in [0.2, 0.25) is 0 Å². The maximum absolute atomic E-state index is 11.1. The van der Waals surface area contributed by atoms with Gasteiger partial charge in [-0.3, -0.25) is 4.79 Å². The van der Waals surface area contributed by atoms with Crippen molar-refractivity contribution < 1.29 is 9.53 Å². The van der Waals surface area contributed by atoms with E-state index in [1.165, 1.54) is 0 Å². The minimum atomic E-state index is 0.0498. The molecule has 0 aromatic rings. The van der Waals surface area contributed by atoms with E-state index in [9.17, 15) is 4.79 Å². The van der Waals surface area contributed by atoms with E-state index in [0.717, 1.165) is 12.8 Å². The fraction of sp³-hybridized carbons (Fsp3) is 0.857. The lowest BCUT2D eigenvalue weighted by molar-refractivity contribution is -0.186. The van der Waals surface area contributed by atoms with Crippen LogP contribution < -0.4 is 0 Å². The molecule has 1 saturated heterocycles. The number of fused-ring (bicyclic) bond motifs is 1. The third-order valence-corrected chi connectivity index (χ3v) is 2.94. The highest BCUT2D eigenvalue weighted by Gasteiger charge is 2.61. The summed E-state index contributed by atoms with van der Waals surface area (Å²) in [5, 5.41) is 0. The van der Waals surface area contributed by atoms with Crippen molar-refractivity contribution in [2.24, 2.45) is 11.8 Å². The fourth-order valence-corrected chi connectivity index (χ4v) is 2.45. The Kier molecular flexibility index (Phi) is 0.533. The Morgan fingerprint density at radius 3 is 2.67 bits per heavy atom. The number of Topliss-reactive ketones (excluding diaryl/α,β-unsaturated/α-hetero) is 1. The van der Waals surface area contributed by atoms with Gasteiger partial charge < -0.3 is 4.74 Å². The second-order valence-corrected chi connectivity index (χ2v) is 3.33. The van der Waals surface area contributed by atoms with Crippen molar-refractivity contribution in [3.8, 4) is 0 Å². The first-order valence-electron chi connectivity index (χ1n) is 3.55. The van der Waals surface area contributed by atoms with Gasteiger partial charge in [0.1, 0.15) is 6.10 Å². The average molecular weight is 124 g/mol. The number of hydrogen-bond acceptors (Lipinski definition) is 2. The highest BCUT2D eigenvalue weighted by molar-refractivity contribution is 5.90. The second kappa shape index (κ2) is 1.08. The predicted octanol–water partition coefficient (Wildman–Crippen LogP) is 0.363. The summed E-state index contributed by atoms with van der Waals surface area (Å²) in [5.41, 5.74) is 0. The van der Waals surface area contributed by atoms with E-state index in [0.29, 0.717) is 23.7 Å². The molecule has 0 amide bonds. The molecule has 3 fully saturated rings. The van der Waals surface area contributed by atoms with Crippen molar-refractivity contribution in [2.45, 2.75) is 25.0 Å². The summed E-state index contributed by atoms with van der Waals surface area (Å²) in [6, 6.07) is 0. The summed E-state index contributed by atoms with van der Waals surface area (Å²) in [7, 11) is 0. The molecule has 2 saturated carbocycles. The van der Waals surface area contributed by atoms with Crippen molar-refractivity contribution in [1.82, 2.24) is 0 Å². The number of ketones is 1. The lowest BCUT2D eigenvalue weighted by Crippen LogP contribution is -2.51. The van der Waals surface area contributed by atoms with Crippen LogP contribution in [0.25, 0.3) is 0 Å². The smallest absolute Gasteiger partial charge is 0.165 e. The third kappa shape index (κ3) is 0.317. The maximum atomic E-state index is 11.1. The van der Waals surface area contributed by atoms with Gasteiger partial charge in [0.05, 0.1) is 6.10 Å². The topological polar surface area (TPSA) is 26.3 Å². The Morgan fingerprint density at radius 2 is 2.33 bits per heavy atom. The summed E-state index contributed by atoms with van der Waals surface area (Å²) in [6.07, 6.45) is 2.69. The van der Waals surface area contributed by atoms with Crippen LogP contribution in [0.1, 0.15) is 12.8 Å². The van der Waals surface area contributed by atoms with E-state index in [1.807, 2.05) is 0 Å². The van der Waals surface area contributed by atoms with E-state index in [1.54, 1.807) is 0 Å². The molecule has 2 nitrogen and oxygen atoms in total. The Hall–Kier alpha value is -0.370. The molecule has 0 N–H and O–H groups in total. The molecule has 2 bridgehead atoms. The van der Waals surface area contributed by atoms with Gasteiger partial charge in [-0.25, -0.2) is 0 Å². The quantitative estimate of drug-likeness (QED) is 0.466. The predicted molar refractivity (Wildman–Crippen MR) is 29.9 cm³/mol. The van der Waals surface area contributed by atoms with Gasteiger partial charge in [-0.2, -0.15) is 0 Å². The van der Waals surface area contributed by atoms with Crippen molar-refractivity contribution in [3.05, 3.63) is 0 Å². The molecule has 9 heavy (non-hydrogen) atoms. The Labute approximate surface area is 53.2 Å². The first kappa shape index (κ1) is 4.45. The van der Waals surface area contributed by atoms with Crippen LogP contribution >= 0.6 is 0 Å². The van der Waals surface area contributed by atoms with Gasteiger partial charge in [0, 0.05) is 11.8 Å². The van der Waals surface area contributed by atoms with Gasteiger partial charge in [-0.1, -0.05) is 0 Å². The lowest BCUT2D eigenvalue weighted by Gasteiger charge is -2.40. The molecule has 3 rings (SSSR count). The van der Waals surface area contributed by atoms with Gasteiger partial charge >= 0.3 is 0 Å². The highest BCUT2D eigenvalue weighted by atomic mass is 16.5. The van der Waals surface area contributed by atoms with Crippen LogP contribution in [0.4, 0.5) is 0 Å². The number of hydrogen-bond donors (Lipinski definition) is 0. The molecule has 2 aliphatic carbocycles. The fourth-order valence-electron chi connectivity index (χ4n) is 2.45. The molecule has 4 atom stereocenters. The van der Waals surface area contributed by atoms with Crippen LogP contribution in [-0.4, -0.2) is 18.0 Å². The van der Waals surface area contributed by atoms with Gasteiger partial charge in [0.2, 0.25) is 0 Å². The monoisotopic (exact) mass is 124 g/mol. The van der Waals surface area contributed by atoms with Crippen molar-refractivity contribution >= 4 is 5.78 Å². The van der Waals surface area contributed by atoms with E-state index in [-0.39, 0.29) is 6.10 Å². The molecule has 0 radical (unpaired) electrons. The normalized spacial score (nSPS) is 60.2. The van der Waals surface area contributed by atoms with Gasteiger partial charge in [0.25, 0.3) is 0 Å². The van der Waals surface area contributed by atoms with Crippen LogP contribution in [0.5, 0.6) is 0 Å². The molecule has 3 aliphatic rings. The van der Waals surface area contributed by atoms with Gasteiger partial charge in [0.15, 0.2) is 5.78 Å². The first-order valence-corrected chi connectivity index (χ1v) is 3.55. The molecular weight excluding hydrogens is 116 g/mol. The summed E-state index contributed by atoms with van der Waals surface area (Å²) in [5.74, 6) is 1.43. The SMILES string of the molecule is O=C1C2CC3OC1C3C2. The van der Waals surface area contributed by atoms with Crippen molar-refractivity contribution in [3.63, 3.8) is 0 Å². The van der Waals surface area contributed by atoms with E-state index in [2.05, 4.69) is 0 Å². The number of ether oxygens (including phenoxy) is 1. The van der Waals surface area contributed by atoms with E-state index < -0.39 is 0 Å². The highest BCUT2D eigenvalue weighted by Crippen LogP contribution is 2.53. The average Bonchev–Trinajstić information content (AvgIpc) is 2.20. The van der Waals surface area contributed by atoms with Crippen LogP contribution in [0.15, 0.2) is 0 Å². The lowest BCUT2D eigenvalue weighted by atomic mass is 9.88. The second-order valence-electron chi connectivity index (χ2n) is 3.33. The molecule has 4 unspecified atom stereocenters. The minimum Gasteiger partial charge on any atom is -0.366 e. The van der Waals surface area contributed by atoms with Crippen molar-refractivity contribution in [1.29, 1.82) is 0 Å². The van der Waals surface area contributed by atoms with Gasteiger partial charge in [-0.05, 0) is 12.8 Å². The number of carbonyl (C=O) groups excluding carboxylic acids is 1. The molecular formula is C7H8O2. The summed E-state index contributed by atoms with van der Waals surface area (Å²) < 4.78 is 5.29. The van der Waals surface area contributed by atoms with Crippen molar-refractivity contribution in [2.75, 3.05) is 0 Å². The number of carbonyl (C=O) groups is 1. The number of rotatable bonds is 0. The molecule has 0 aromatic carbocycles. The van der Waals surface area contributed by atoms with Crippen LogP contribution in [0, 0.1) is 11.8 Å². The zero-order valence-electron chi connectivity index (χ0n) is 5.04. The standard InChI is InChI=1S/C7H8O2/c8-6-3-1-4-5(2-3)9-7(4)6/h3-5,7H,1-2H2. The van der Waals surface area contributed by atoms with Crippen LogP contribution in [0.3, 0.4) is 0 Å². The zero-order valence-corrected chi connectivity index (χ0v) is 5.04. The molecule has 1 heterocycles. The molecule has 1 aliphatic heterocycles. The molecule has 2 heteroatoms. The Morgan fingerprint density at radius 1 is 1.44 bits per heavy atom. The summed E-state index contributed by atoms with van der Waals surface area (Å²) in [6.45, 7) is 0. The van der Waals surface area contributed by atoms with E-state index >= 15 is 0 Å². The molecule has 0 aromatic heterocycles. The summed E-state index contributed by atoms with van der Waals surface area (Å²) in [4.78, 5) is 11.1. The third-order valence-electron chi connectivity index (χ3n) is 2.94. The minimum absolute atomic E-state index is 0.0498.